The summed E-state index contributed by atoms with van der Waals surface area (Å²) in [5.74, 6) is 1.77. The molecule has 0 spiro atoms. The van der Waals surface area contributed by atoms with E-state index in [9.17, 15) is 0 Å². The zero-order valence-electron chi connectivity index (χ0n) is 13.6. The van der Waals surface area contributed by atoms with Gasteiger partial charge < -0.3 is 15.2 Å². The fourth-order valence-electron chi connectivity index (χ4n) is 2.90. The monoisotopic (exact) mass is 291 g/mol. The Hall–Kier alpha value is -1.06. The van der Waals surface area contributed by atoms with Crippen molar-refractivity contribution in [3.63, 3.8) is 0 Å². The van der Waals surface area contributed by atoms with Crippen LogP contribution in [0.25, 0.3) is 0 Å². The van der Waals surface area contributed by atoms with Crippen molar-refractivity contribution >= 4 is 0 Å². The molecule has 3 nitrogen and oxygen atoms in total. The standard InChI is InChI=1S/C18H29NO2/c1-4-20-18-10-7-15(14(3)19)11-16(18)12-21-17-8-5-13(2)6-9-17/h7,10-11,13-14,17H,4-6,8-9,12,19H2,1-3H3. The van der Waals surface area contributed by atoms with Gasteiger partial charge in [0.25, 0.3) is 0 Å². The molecule has 2 N–H and O–H groups in total. The number of hydrogen-bond donors (Lipinski definition) is 1. The van der Waals surface area contributed by atoms with Crippen LogP contribution >= 0.6 is 0 Å². The van der Waals surface area contributed by atoms with Gasteiger partial charge in [0.15, 0.2) is 0 Å². The van der Waals surface area contributed by atoms with Gasteiger partial charge in [-0.1, -0.05) is 13.0 Å². The van der Waals surface area contributed by atoms with E-state index in [0.717, 1.165) is 22.8 Å². The Morgan fingerprint density at radius 3 is 2.57 bits per heavy atom. The fraction of sp³-hybridized carbons (Fsp3) is 0.667. The van der Waals surface area contributed by atoms with Crippen LogP contribution in [0.5, 0.6) is 5.75 Å². The molecule has 1 unspecified atom stereocenters. The van der Waals surface area contributed by atoms with E-state index in [2.05, 4.69) is 13.0 Å². The maximum absolute atomic E-state index is 6.12. The molecule has 1 aromatic carbocycles. The van der Waals surface area contributed by atoms with Crippen molar-refractivity contribution < 1.29 is 9.47 Å². The predicted molar refractivity (Wildman–Crippen MR) is 86.4 cm³/mol. The van der Waals surface area contributed by atoms with E-state index >= 15 is 0 Å². The van der Waals surface area contributed by atoms with Crippen LogP contribution in [0.15, 0.2) is 18.2 Å². The molecular formula is C18H29NO2. The molecule has 118 valence electrons. The molecule has 0 radical (unpaired) electrons. The molecule has 1 fully saturated rings. The van der Waals surface area contributed by atoms with Gasteiger partial charge in [0.05, 0.1) is 19.3 Å². The normalized spacial score (nSPS) is 23.8. The van der Waals surface area contributed by atoms with Gasteiger partial charge in [-0.05, 0) is 63.1 Å². The van der Waals surface area contributed by atoms with E-state index in [1.54, 1.807) is 0 Å². The summed E-state index contributed by atoms with van der Waals surface area (Å²) in [6.07, 6.45) is 5.32. The highest BCUT2D eigenvalue weighted by atomic mass is 16.5. The molecule has 0 aliphatic heterocycles. The molecule has 0 saturated heterocycles. The first-order valence-corrected chi connectivity index (χ1v) is 8.23. The summed E-state index contributed by atoms with van der Waals surface area (Å²) in [7, 11) is 0. The molecule has 1 aliphatic carbocycles. The van der Waals surface area contributed by atoms with E-state index in [1.807, 2.05) is 26.0 Å². The highest BCUT2D eigenvalue weighted by Crippen LogP contribution is 2.28. The summed E-state index contributed by atoms with van der Waals surface area (Å²) in [5.41, 5.74) is 8.23. The van der Waals surface area contributed by atoms with Crippen molar-refractivity contribution in [1.82, 2.24) is 0 Å². The second-order valence-electron chi connectivity index (χ2n) is 6.28. The Bertz CT molecular complexity index is 437. The van der Waals surface area contributed by atoms with Gasteiger partial charge in [0.1, 0.15) is 5.75 Å². The lowest BCUT2D eigenvalue weighted by Gasteiger charge is -2.26. The van der Waals surface area contributed by atoms with Gasteiger partial charge in [-0.2, -0.15) is 0 Å². The van der Waals surface area contributed by atoms with E-state index in [0.29, 0.717) is 19.3 Å². The third-order valence-corrected chi connectivity index (χ3v) is 4.35. The molecule has 0 aromatic heterocycles. The van der Waals surface area contributed by atoms with Crippen LogP contribution in [0, 0.1) is 5.92 Å². The van der Waals surface area contributed by atoms with Gasteiger partial charge in [0, 0.05) is 11.6 Å². The van der Waals surface area contributed by atoms with Gasteiger partial charge in [-0.15, -0.1) is 0 Å². The summed E-state index contributed by atoms with van der Waals surface area (Å²) < 4.78 is 11.8. The maximum Gasteiger partial charge on any atom is 0.124 e. The molecule has 2 rings (SSSR count). The van der Waals surface area contributed by atoms with Crippen LogP contribution in [0.4, 0.5) is 0 Å². The minimum absolute atomic E-state index is 0.0370. The van der Waals surface area contributed by atoms with E-state index in [-0.39, 0.29) is 6.04 Å². The second-order valence-corrected chi connectivity index (χ2v) is 6.28. The summed E-state index contributed by atoms with van der Waals surface area (Å²) >= 11 is 0. The first-order chi connectivity index (χ1) is 10.1. The fourth-order valence-corrected chi connectivity index (χ4v) is 2.90. The summed E-state index contributed by atoms with van der Waals surface area (Å²) in [6.45, 7) is 7.63. The van der Waals surface area contributed by atoms with Gasteiger partial charge in [0.2, 0.25) is 0 Å². The topological polar surface area (TPSA) is 44.5 Å². The number of nitrogens with two attached hydrogens (primary N) is 1. The first-order valence-electron chi connectivity index (χ1n) is 8.23. The van der Waals surface area contributed by atoms with Gasteiger partial charge >= 0.3 is 0 Å². The number of benzene rings is 1. The lowest BCUT2D eigenvalue weighted by Crippen LogP contribution is -2.20. The molecule has 0 bridgehead atoms. The Balaban J connectivity index is 2.00. The van der Waals surface area contributed by atoms with Crippen molar-refractivity contribution in [3.8, 4) is 5.75 Å². The molecule has 1 atom stereocenters. The van der Waals surface area contributed by atoms with E-state index < -0.39 is 0 Å². The van der Waals surface area contributed by atoms with Gasteiger partial charge in [-0.25, -0.2) is 0 Å². The Morgan fingerprint density at radius 2 is 1.95 bits per heavy atom. The first kappa shape index (κ1) is 16.3. The zero-order valence-corrected chi connectivity index (χ0v) is 13.6. The third-order valence-electron chi connectivity index (χ3n) is 4.35. The minimum Gasteiger partial charge on any atom is -0.494 e. The molecule has 21 heavy (non-hydrogen) atoms. The van der Waals surface area contributed by atoms with Crippen LogP contribution in [0.3, 0.4) is 0 Å². The van der Waals surface area contributed by atoms with Crippen LogP contribution in [0.1, 0.15) is 63.6 Å². The van der Waals surface area contributed by atoms with Crippen molar-refractivity contribution in [1.29, 1.82) is 0 Å². The SMILES string of the molecule is CCOc1ccc(C(C)N)cc1COC1CCC(C)CC1. The van der Waals surface area contributed by atoms with Gasteiger partial charge in [-0.3, -0.25) is 0 Å². The number of ether oxygens (including phenoxy) is 2. The zero-order chi connectivity index (χ0) is 15.2. The number of rotatable bonds is 6. The summed E-state index contributed by atoms with van der Waals surface area (Å²) in [4.78, 5) is 0. The molecule has 1 aromatic rings. The van der Waals surface area contributed by atoms with Crippen molar-refractivity contribution in [2.24, 2.45) is 11.7 Å². The quantitative estimate of drug-likeness (QED) is 0.854. The summed E-state index contributed by atoms with van der Waals surface area (Å²) in [6, 6.07) is 6.22. The van der Waals surface area contributed by atoms with Crippen LogP contribution < -0.4 is 10.5 Å². The third kappa shape index (κ3) is 4.72. The smallest absolute Gasteiger partial charge is 0.124 e. The minimum atomic E-state index is 0.0370. The average Bonchev–Trinajstić information content (AvgIpc) is 2.48. The van der Waals surface area contributed by atoms with E-state index in [4.69, 9.17) is 15.2 Å². The molecular weight excluding hydrogens is 262 g/mol. The number of hydrogen-bond acceptors (Lipinski definition) is 3. The Kier molecular flexibility index (Phi) is 6.07. The Labute approximate surface area is 128 Å². The highest BCUT2D eigenvalue weighted by molar-refractivity contribution is 5.38. The summed E-state index contributed by atoms with van der Waals surface area (Å²) in [5, 5.41) is 0. The molecule has 0 amide bonds. The van der Waals surface area contributed by atoms with Crippen LogP contribution in [0.2, 0.25) is 0 Å². The lowest BCUT2D eigenvalue weighted by atomic mass is 9.89. The van der Waals surface area contributed by atoms with Crippen molar-refractivity contribution in [2.45, 2.75) is 65.2 Å². The maximum atomic E-state index is 6.12. The van der Waals surface area contributed by atoms with Crippen molar-refractivity contribution in [2.75, 3.05) is 6.61 Å². The average molecular weight is 291 g/mol. The van der Waals surface area contributed by atoms with Crippen LogP contribution in [-0.2, 0) is 11.3 Å². The second kappa shape index (κ2) is 7.81. The Morgan fingerprint density at radius 1 is 1.24 bits per heavy atom. The van der Waals surface area contributed by atoms with E-state index in [1.165, 1.54) is 25.7 Å². The highest BCUT2D eigenvalue weighted by Gasteiger charge is 2.19. The largest absolute Gasteiger partial charge is 0.494 e. The molecule has 3 heteroatoms. The van der Waals surface area contributed by atoms with Crippen molar-refractivity contribution in [3.05, 3.63) is 29.3 Å². The van der Waals surface area contributed by atoms with Crippen LogP contribution in [-0.4, -0.2) is 12.7 Å². The molecule has 1 aliphatic rings. The predicted octanol–water partition coefficient (Wildman–Crippen LogP) is 4.20. The molecule has 0 heterocycles. The molecule has 1 saturated carbocycles. The lowest BCUT2D eigenvalue weighted by molar-refractivity contribution is 0.00785.